The molecular formula is C19H28F10NNaO4S. The van der Waals surface area contributed by atoms with E-state index in [9.17, 15) is 53.5 Å². The quantitative estimate of drug-likeness (QED) is 0.164. The summed E-state index contributed by atoms with van der Waals surface area (Å²) in [5.41, 5.74) is -6.76. The number of rotatable bonds is 12. The van der Waals surface area contributed by atoms with E-state index in [1.54, 1.807) is 13.8 Å². The van der Waals surface area contributed by atoms with Crippen molar-refractivity contribution in [2.45, 2.75) is 75.7 Å². The van der Waals surface area contributed by atoms with Crippen LogP contribution in [0.25, 0.3) is 0 Å². The van der Waals surface area contributed by atoms with Crippen molar-refractivity contribution in [3.63, 3.8) is 0 Å². The third-order valence-electron chi connectivity index (χ3n) is 4.28. The first-order valence-corrected chi connectivity index (χ1v) is 10.8. The molecule has 210 valence electrons. The van der Waals surface area contributed by atoms with Crippen LogP contribution in [0.1, 0.15) is 46.0 Å². The maximum absolute atomic E-state index is 13.7. The molecule has 0 aromatic carbocycles. The molecule has 0 aliphatic carbocycles. The van der Waals surface area contributed by atoms with Gasteiger partial charge in [-0.2, -0.15) is 58.4 Å². The van der Waals surface area contributed by atoms with Gasteiger partial charge in [-0.3, -0.25) is 4.79 Å². The van der Waals surface area contributed by atoms with Crippen LogP contribution in [0.2, 0.25) is 0 Å². The minimum atomic E-state index is -6.55. The number of amides is 1. The van der Waals surface area contributed by atoms with Gasteiger partial charge in [0.2, 0.25) is 5.91 Å². The molecule has 0 saturated carbocycles. The second-order valence-electron chi connectivity index (χ2n) is 7.55. The van der Waals surface area contributed by atoms with Gasteiger partial charge in [0.1, 0.15) is 13.1 Å². The van der Waals surface area contributed by atoms with E-state index in [4.69, 9.17) is 9.90 Å². The zero-order valence-corrected chi connectivity index (χ0v) is 22.9. The Morgan fingerprint density at radius 2 is 1.39 bits per heavy atom. The number of aldehydes is 1. The molecule has 1 N–H and O–H groups in total. The Labute approximate surface area is 228 Å². The summed E-state index contributed by atoms with van der Waals surface area (Å²) in [7, 11) is 0.750. The van der Waals surface area contributed by atoms with Gasteiger partial charge in [-0.25, -0.2) is 4.39 Å². The van der Waals surface area contributed by atoms with Gasteiger partial charge in [0.05, 0.1) is 5.92 Å². The summed E-state index contributed by atoms with van der Waals surface area (Å²) in [5.74, 6) is -3.55. The fourth-order valence-electron chi connectivity index (χ4n) is 2.51. The van der Waals surface area contributed by atoms with E-state index in [0.717, 1.165) is 18.9 Å². The SMILES string of the molecule is C=O.CC(C)(CC=O)NC(=O)CCSCCCC(CC(F)(C(F)(F)F)C(F)(F)F)C(F)(F)F.C[O-].[Na+]. The van der Waals surface area contributed by atoms with E-state index in [1.165, 1.54) is 0 Å². The minimum Gasteiger partial charge on any atom is -0.857 e. The number of carbonyl (C=O) groups excluding carboxylic acids is 3. The third kappa shape index (κ3) is 16.3. The fraction of sp³-hybridized carbons (Fsp3) is 0.842. The zero-order chi connectivity index (χ0) is 28.7. The number of thioether (sulfide) groups is 1. The number of carbonyl (C=O) groups is 3. The standard InChI is InChI=1S/C17H23F10NO2S.CH3O.CH2O.Na/c1-13(2,6-7-29)28-12(30)5-9-31-8-3-4-11(15(19,20)21)10-14(18,16(22,23)24)17(25,26)27;2*1-2;/h7,11H,3-6,8-10H2,1-2H3,(H,28,30);1H3;1H2;/q;-1;;+1. The molecule has 36 heavy (non-hydrogen) atoms. The molecule has 0 aliphatic heterocycles. The summed E-state index contributed by atoms with van der Waals surface area (Å²) in [6, 6.07) is 0. The van der Waals surface area contributed by atoms with Crippen molar-refractivity contribution < 1.29 is 93.0 Å². The molecule has 0 spiro atoms. The van der Waals surface area contributed by atoms with Gasteiger partial charge in [-0.05, 0) is 32.4 Å². The van der Waals surface area contributed by atoms with Crippen molar-refractivity contribution in [3.05, 3.63) is 0 Å². The average Bonchev–Trinajstić information content (AvgIpc) is 2.69. The largest absolute Gasteiger partial charge is 1.00 e. The van der Waals surface area contributed by atoms with Crippen molar-refractivity contribution in [3.8, 4) is 0 Å². The minimum absolute atomic E-state index is 0. The molecule has 0 saturated heterocycles. The molecule has 5 nitrogen and oxygen atoms in total. The zero-order valence-electron chi connectivity index (χ0n) is 20.1. The third-order valence-corrected chi connectivity index (χ3v) is 5.35. The van der Waals surface area contributed by atoms with E-state index in [0.29, 0.717) is 6.29 Å². The molecule has 0 aromatic heterocycles. The normalized spacial score (nSPS) is 13.2. The molecule has 1 unspecified atom stereocenters. The Morgan fingerprint density at radius 1 is 0.944 bits per heavy atom. The molecule has 0 aliphatic rings. The Kier molecular flexibility index (Phi) is 22.0. The molecule has 0 radical (unpaired) electrons. The number of halogens is 10. The van der Waals surface area contributed by atoms with E-state index < -0.39 is 60.8 Å². The summed E-state index contributed by atoms with van der Waals surface area (Å²) in [5, 5.41) is 10.8. The molecule has 0 heterocycles. The van der Waals surface area contributed by atoms with Gasteiger partial charge in [0.25, 0.3) is 5.67 Å². The van der Waals surface area contributed by atoms with Crippen LogP contribution >= 0.6 is 11.8 Å². The molecule has 1 atom stereocenters. The maximum Gasteiger partial charge on any atom is 1.00 e. The van der Waals surface area contributed by atoms with Crippen molar-refractivity contribution >= 4 is 30.7 Å². The topological polar surface area (TPSA) is 86.3 Å². The molecule has 0 aromatic rings. The van der Waals surface area contributed by atoms with Crippen LogP contribution in [0.4, 0.5) is 43.9 Å². The van der Waals surface area contributed by atoms with Crippen molar-refractivity contribution in [2.75, 3.05) is 18.6 Å². The molecule has 0 rings (SSSR count). The molecule has 1 amide bonds. The van der Waals surface area contributed by atoms with Crippen molar-refractivity contribution in [1.29, 1.82) is 0 Å². The number of hydrogen-bond donors (Lipinski definition) is 1. The smallest absolute Gasteiger partial charge is 0.857 e. The first kappa shape index (κ1) is 42.5. The summed E-state index contributed by atoms with van der Waals surface area (Å²) in [6.07, 6.45) is -22.3. The first-order chi connectivity index (χ1) is 15.8. The monoisotopic (exact) mass is 579 g/mol. The Bertz CT molecular complexity index is 603. The van der Waals surface area contributed by atoms with Gasteiger partial charge in [-0.15, -0.1) is 0 Å². The molecule has 17 heteroatoms. The van der Waals surface area contributed by atoms with Gasteiger partial charge >= 0.3 is 48.1 Å². The van der Waals surface area contributed by atoms with E-state index >= 15 is 0 Å². The van der Waals surface area contributed by atoms with E-state index in [1.807, 2.05) is 6.79 Å². The van der Waals surface area contributed by atoms with Crippen molar-refractivity contribution in [2.24, 2.45) is 5.92 Å². The van der Waals surface area contributed by atoms with Crippen LogP contribution in [-0.4, -0.2) is 67.3 Å². The molecular weight excluding hydrogens is 551 g/mol. The molecule has 0 fully saturated rings. The van der Waals surface area contributed by atoms with Crippen LogP contribution in [-0.2, 0) is 14.4 Å². The van der Waals surface area contributed by atoms with Crippen LogP contribution < -0.4 is 40.0 Å². The van der Waals surface area contributed by atoms with Gasteiger partial charge in [0.15, 0.2) is 0 Å². The van der Waals surface area contributed by atoms with Crippen LogP contribution in [0.15, 0.2) is 0 Å². The predicted octanol–water partition coefficient (Wildman–Crippen LogP) is 1.57. The number of hydrogen-bond acceptors (Lipinski definition) is 5. The second-order valence-corrected chi connectivity index (χ2v) is 8.77. The molecule has 0 bridgehead atoms. The number of nitrogens with one attached hydrogen (secondary N) is 1. The average molecular weight is 579 g/mol. The fourth-order valence-corrected chi connectivity index (χ4v) is 3.42. The van der Waals surface area contributed by atoms with Crippen molar-refractivity contribution in [1.82, 2.24) is 5.32 Å². The van der Waals surface area contributed by atoms with Crippen LogP contribution in [0.3, 0.4) is 0 Å². The summed E-state index contributed by atoms with van der Waals surface area (Å²) < 4.78 is 128. The van der Waals surface area contributed by atoms with Gasteiger partial charge in [0, 0.05) is 30.6 Å². The predicted molar refractivity (Wildman–Crippen MR) is 107 cm³/mol. The Morgan fingerprint density at radius 3 is 1.75 bits per heavy atom. The summed E-state index contributed by atoms with van der Waals surface area (Å²) >= 11 is 0.967. The Hall–Kier alpha value is -0.580. The summed E-state index contributed by atoms with van der Waals surface area (Å²) in [6.45, 7) is 5.19. The second kappa shape index (κ2) is 18.6. The van der Waals surface area contributed by atoms with Crippen LogP contribution in [0.5, 0.6) is 0 Å². The van der Waals surface area contributed by atoms with E-state index in [2.05, 4.69) is 5.32 Å². The Balaban J connectivity index is -0.000000969. The van der Waals surface area contributed by atoms with E-state index in [-0.39, 0.29) is 53.9 Å². The van der Waals surface area contributed by atoms with Gasteiger partial charge in [-0.1, -0.05) is 0 Å². The van der Waals surface area contributed by atoms with Gasteiger partial charge < -0.3 is 20.0 Å². The summed E-state index contributed by atoms with van der Waals surface area (Å²) in [4.78, 5) is 30.2. The maximum atomic E-state index is 13.7. The number of alkyl halides is 10. The van der Waals surface area contributed by atoms with Crippen LogP contribution in [0, 0.1) is 5.92 Å². The first-order valence-electron chi connectivity index (χ1n) is 9.68.